The number of alkyl halides is 3. The first-order valence-corrected chi connectivity index (χ1v) is 12.9. The van der Waals surface area contributed by atoms with Crippen LogP contribution >= 0.6 is 7.14 Å². The molecule has 0 aliphatic rings. The van der Waals surface area contributed by atoms with E-state index in [-0.39, 0.29) is 32.5 Å². The van der Waals surface area contributed by atoms with Crippen molar-refractivity contribution < 1.29 is 26.2 Å². The van der Waals surface area contributed by atoms with Crippen molar-refractivity contribution in [3.05, 3.63) is 52.6 Å². The van der Waals surface area contributed by atoms with Gasteiger partial charge < -0.3 is 4.57 Å². The lowest BCUT2D eigenvalue weighted by atomic mass is 10.1. The standard InChI is InChI=1S/C18H17F3N3O4PS/c1-4-30(27,28)15-8-13(29(2,3)26)10-22-16(15)24-17(25)14-7-12(18(19,20)21)6-5-11(14)9-23-24/h5-10H,4H2,1-3H3. The number of pyridine rings is 1. The molecule has 0 unspecified atom stereocenters. The molecule has 7 nitrogen and oxygen atoms in total. The molecule has 12 heteroatoms. The highest BCUT2D eigenvalue weighted by Crippen LogP contribution is 2.35. The fraction of sp³-hybridized carbons (Fsp3) is 0.278. The van der Waals surface area contributed by atoms with Crippen LogP contribution in [0.4, 0.5) is 13.2 Å². The number of benzene rings is 1. The Kier molecular flexibility index (Phi) is 5.41. The Balaban J connectivity index is 2.36. The number of hydrogen-bond acceptors (Lipinski definition) is 6. The molecule has 0 bridgehead atoms. The molecule has 0 spiro atoms. The third kappa shape index (κ3) is 4.04. The van der Waals surface area contributed by atoms with Crippen molar-refractivity contribution in [2.24, 2.45) is 0 Å². The van der Waals surface area contributed by atoms with Gasteiger partial charge in [-0.1, -0.05) is 13.0 Å². The van der Waals surface area contributed by atoms with Crippen molar-refractivity contribution in [1.29, 1.82) is 0 Å². The van der Waals surface area contributed by atoms with Gasteiger partial charge in [-0.15, -0.1) is 0 Å². The molecule has 1 aromatic carbocycles. The highest BCUT2D eigenvalue weighted by molar-refractivity contribution is 7.91. The lowest BCUT2D eigenvalue weighted by molar-refractivity contribution is -0.137. The minimum Gasteiger partial charge on any atom is -0.319 e. The van der Waals surface area contributed by atoms with Crippen molar-refractivity contribution in [2.75, 3.05) is 19.1 Å². The zero-order valence-corrected chi connectivity index (χ0v) is 17.8. The third-order valence-electron chi connectivity index (χ3n) is 4.47. The van der Waals surface area contributed by atoms with Crippen LogP contribution in [0.15, 0.2) is 46.3 Å². The molecular weight excluding hydrogens is 442 g/mol. The van der Waals surface area contributed by atoms with Gasteiger partial charge in [-0.3, -0.25) is 4.79 Å². The summed E-state index contributed by atoms with van der Waals surface area (Å²) >= 11 is 0. The zero-order chi connectivity index (χ0) is 22.5. The first-order chi connectivity index (χ1) is 13.8. The summed E-state index contributed by atoms with van der Waals surface area (Å²) < 4.78 is 77.4. The Labute approximate surface area is 169 Å². The van der Waals surface area contributed by atoms with E-state index in [1.165, 1.54) is 32.5 Å². The molecule has 0 aliphatic heterocycles. The summed E-state index contributed by atoms with van der Waals surface area (Å²) in [5.74, 6) is -0.693. The van der Waals surface area contributed by atoms with Gasteiger partial charge in [0.15, 0.2) is 15.7 Å². The van der Waals surface area contributed by atoms with E-state index >= 15 is 0 Å². The minimum absolute atomic E-state index is 0.160. The Morgan fingerprint density at radius 2 is 1.80 bits per heavy atom. The molecule has 0 amide bonds. The number of fused-ring (bicyclic) bond motifs is 1. The van der Waals surface area contributed by atoms with E-state index in [1.807, 2.05) is 0 Å². The smallest absolute Gasteiger partial charge is 0.319 e. The molecule has 30 heavy (non-hydrogen) atoms. The molecular formula is C18H17F3N3O4PS. The van der Waals surface area contributed by atoms with Crippen molar-refractivity contribution in [3.8, 4) is 5.82 Å². The maximum absolute atomic E-state index is 13.1. The van der Waals surface area contributed by atoms with Gasteiger partial charge in [-0.05, 0) is 31.5 Å². The van der Waals surface area contributed by atoms with Crippen LogP contribution in [0, 0.1) is 0 Å². The summed E-state index contributed by atoms with van der Waals surface area (Å²) in [5, 5.41) is 3.95. The summed E-state index contributed by atoms with van der Waals surface area (Å²) in [4.78, 5) is 16.5. The van der Waals surface area contributed by atoms with Crippen LogP contribution in [-0.2, 0) is 20.6 Å². The number of sulfone groups is 1. The highest BCUT2D eigenvalue weighted by atomic mass is 32.2. The van der Waals surface area contributed by atoms with E-state index < -0.39 is 34.3 Å². The second-order valence-electron chi connectivity index (χ2n) is 6.93. The molecule has 2 aromatic heterocycles. The molecule has 2 heterocycles. The maximum atomic E-state index is 13.1. The predicted octanol–water partition coefficient (Wildman–Crippen LogP) is 2.84. The lowest BCUT2D eigenvalue weighted by Crippen LogP contribution is -2.26. The van der Waals surface area contributed by atoms with E-state index in [9.17, 15) is 30.9 Å². The molecule has 0 atom stereocenters. The highest BCUT2D eigenvalue weighted by Gasteiger charge is 2.31. The molecule has 0 aliphatic carbocycles. The summed E-state index contributed by atoms with van der Waals surface area (Å²) in [6.07, 6.45) is -2.33. The van der Waals surface area contributed by atoms with Gasteiger partial charge in [0, 0.05) is 16.9 Å². The Bertz CT molecular complexity index is 1360. The molecule has 0 fully saturated rings. The predicted molar refractivity (Wildman–Crippen MR) is 107 cm³/mol. The summed E-state index contributed by atoms with van der Waals surface area (Å²) in [6.45, 7) is 4.26. The van der Waals surface area contributed by atoms with Gasteiger partial charge in [-0.25, -0.2) is 13.4 Å². The lowest BCUT2D eigenvalue weighted by Gasteiger charge is -2.14. The van der Waals surface area contributed by atoms with Gasteiger partial charge in [0.05, 0.1) is 22.9 Å². The molecule has 0 radical (unpaired) electrons. The van der Waals surface area contributed by atoms with Crippen molar-refractivity contribution >= 4 is 33.1 Å². The number of nitrogens with zero attached hydrogens (tertiary/aromatic N) is 3. The zero-order valence-electron chi connectivity index (χ0n) is 16.1. The average molecular weight is 459 g/mol. The quantitative estimate of drug-likeness (QED) is 0.557. The fourth-order valence-corrected chi connectivity index (χ4v) is 4.63. The Hall–Kier alpha value is -2.52. The molecule has 0 saturated carbocycles. The van der Waals surface area contributed by atoms with Crippen LogP contribution in [0.5, 0.6) is 0 Å². The first kappa shape index (κ1) is 22.2. The number of hydrogen-bond donors (Lipinski definition) is 0. The average Bonchev–Trinajstić information content (AvgIpc) is 2.66. The molecule has 3 aromatic rings. The largest absolute Gasteiger partial charge is 0.416 e. The van der Waals surface area contributed by atoms with Crippen molar-refractivity contribution in [2.45, 2.75) is 18.0 Å². The second-order valence-corrected chi connectivity index (χ2v) is 12.4. The molecule has 0 N–H and O–H groups in total. The van der Waals surface area contributed by atoms with E-state index in [1.54, 1.807) is 0 Å². The summed E-state index contributed by atoms with van der Waals surface area (Å²) in [6, 6.07) is 3.80. The van der Waals surface area contributed by atoms with E-state index in [0.29, 0.717) is 10.7 Å². The normalized spacial score (nSPS) is 13.0. The maximum Gasteiger partial charge on any atom is 0.416 e. The summed E-state index contributed by atoms with van der Waals surface area (Å²) in [7, 11) is -6.80. The number of rotatable bonds is 4. The Morgan fingerprint density at radius 3 is 2.37 bits per heavy atom. The van der Waals surface area contributed by atoms with Crippen LogP contribution in [-0.4, -0.2) is 42.3 Å². The minimum atomic E-state index is -4.66. The first-order valence-electron chi connectivity index (χ1n) is 8.63. The van der Waals surface area contributed by atoms with Gasteiger partial charge >= 0.3 is 6.18 Å². The van der Waals surface area contributed by atoms with E-state index in [0.717, 1.165) is 18.3 Å². The van der Waals surface area contributed by atoms with Crippen LogP contribution in [0.3, 0.4) is 0 Å². The topological polar surface area (TPSA) is 99.0 Å². The van der Waals surface area contributed by atoms with Crippen molar-refractivity contribution in [3.63, 3.8) is 0 Å². The van der Waals surface area contributed by atoms with E-state index in [2.05, 4.69) is 10.1 Å². The monoisotopic (exact) mass is 459 g/mol. The van der Waals surface area contributed by atoms with Crippen molar-refractivity contribution in [1.82, 2.24) is 14.8 Å². The van der Waals surface area contributed by atoms with Crippen LogP contribution in [0.1, 0.15) is 12.5 Å². The molecule has 0 saturated heterocycles. The second kappa shape index (κ2) is 7.31. The van der Waals surface area contributed by atoms with Gasteiger partial charge in [0.2, 0.25) is 0 Å². The van der Waals surface area contributed by atoms with Gasteiger partial charge in [-0.2, -0.15) is 23.0 Å². The fourth-order valence-electron chi connectivity index (χ4n) is 2.73. The summed E-state index contributed by atoms with van der Waals surface area (Å²) in [5.41, 5.74) is -1.98. The van der Waals surface area contributed by atoms with Crippen LogP contribution < -0.4 is 10.9 Å². The van der Waals surface area contributed by atoms with Crippen LogP contribution in [0.2, 0.25) is 0 Å². The van der Waals surface area contributed by atoms with Crippen LogP contribution in [0.25, 0.3) is 16.6 Å². The Morgan fingerprint density at radius 1 is 1.13 bits per heavy atom. The molecule has 3 rings (SSSR count). The van der Waals surface area contributed by atoms with E-state index in [4.69, 9.17) is 0 Å². The molecule has 160 valence electrons. The number of halogens is 3. The SMILES string of the molecule is CCS(=O)(=O)c1cc(P(C)(C)=O)cnc1-n1ncc2ccc(C(F)(F)F)cc2c1=O. The van der Waals surface area contributed by atoms with Gasteiger partial charge in [0.1, 0.15) is 12.0 Å². The third-order valence-corrected chi connectivity index (χ3v) is 7.69. The van der Waals surface area contributed by atoms with Gasteiger partial charge in [0.25, 0.3) is 5.56 Å². The number of aromatic nitrogens is 3.